The number of carbonyl (C=O) groups excluding carboxylic acids is 1. The zero-order chi connectivity index (χ0) is 22.7. The SMILES string of the molecule is CCOCCn1c(=NC(=O)C2CCCN(S(=O)(=O)c3ccc(Cl)s3)C2)sc2ccccc21. The van der Waals surface area contributed by atoms with Crippen molar-refractivity contribution in [3.8, 4) is 0 Å². The van der Waals surface area contributed by atoms with E-state index in [1.54, 1.807) is 6.07 Å². The van der Waals surface area contributed by atoms with Crippen LogP contribution in [-0.4, -0.2) is 49.5 Å². The number of aromatic nitrogens is 1. The van der Waals surface area contributed by atoms with E-state index in [2.05, 4.69) is 4.99 Å². The Bertz CT molecular complexity index is 1280. The Kier molecular flexibility index (Phi) is 7.48. The second kappa shape index (κ2) is 10.1. The average molecular weight is 514 g/mol. The van der Waals surface area contributed by atoms with Crippen LogP contribution in [0.3, 0.4) is 0 Å². The number of thiophene rings is 1. The van der Waals surface area contributed by atoms with Crippen molar-refractivity contribution in [1.82, 2.24) is 8.87 Å². The molecule has 1 saturated heterocycles. The second-order valence-corrected chi connectivity index (χ2v) is 12.3. The molecule has 4 rings (SSSR count). The summed E-state index contributed by atoms with van der Waals surface area (Å²) >= 11 is 8.41. The van der Waals surface area contributed by atoms with Gasteiger partial charge in [0.2, 0.25) is 0 Å². The highest BCUT2D eigenvalue weighted by Gasteiger charge is 2.34. The molecule has 0 N–H and O–H groups in total. The molecule has 2 aromatic heterocycles. The number of fused-ring (bicyclic) bond motifs is 1. The van der Waals surface area contributed by atoms with Gasteiger partial charge < -0.3 is 9.30 Å². The lowest BCUT2D eigenvalue weighted by Crippen LogP contribution is -2.42. The van der Waals surface area contributed by atoms with Crippen molar-refractivity contribution in [1.29, 1.82) is 0 Å². The fourth-order valence-corrected chi connectivity index (χ4v) is 7.96. The second-order valence-electron chi connectivity index (χ2n) is 7.41. The van der Waals surface area contributed by atoms with Gasteiger partial charge in [0.25, 0.3) is 15.9 Å². The lowest BCUT2D eigenvalue weighted by atomic mass is 9.99. The standard InChI is InChI=1S/C21H24ClN3O4S3/c1-2-29-13-12-25-16-7-3-4-8-17(16)30-21(25)23-20(26)15-6-5-11-24(14-15)32(27,28)19-10-9-18(22)31-19/h3-4,7-10,15H,2,5-6,11-14H2,1H3. The maximum atomic E-state index is 13.1. The zero-order valence-corrected chi connectivity index (χ0v) is 20.8. The molecule has 3 heterocycles. The third kappa shape index (κ3) is 5.00. The topological polar surface area (TPSA) is 81.0 Å². The van der Waals surface area contributed by atoms with Crippen molar-refractivity contribution in [3.63, 3.8) is 0 Å². The van der Waals surface area contributed by atoms with Gasteiger partial charge in [0.15, 0.2) is 4.80 Å². The highest BCUT2D eigenvalue weighted by Crippen LogP contribution is 2.31. The van der Waals surface area contributed by atoms with E-state index in [9.17, 15) is 13.2 Å². The molecule has 1 aromatic carbocycles. The number of piperidine rings is 1. The summed E-state index contributed by atoms with van der Waals surface area (Å²) in [6.07, 6.45) is 1.23. The third-order valence-corrected chi connectivity index (χ3v) is 9.96. The quantitative estimate of drug-likeness (QED) is 0.447. The van der Waals surface area contributed by atoms with Gasteiger partial charge in [-0.2, -0.15) is 9.30 Å². The van der Waals surface area contributed by atoms with Crippen molar-refractivity contribution >= 4 is 60.4 Å². The number of para-hydroxylation sites is 1. The average Bonchev–Trinajstić information content (AvgIpc) is 3.38. The monoisotopic (exact) mass is 513 g/mol. The lowest BCUT2D eigenvalue weighted by Gasteiger charge is -2.29. The van der Waals surface area contributed by atoms with Crippen molar-refractivity contribution in [2.75, 3.05) is 26.3 Å². The Morgan fingerprint density at radius 3 is 2.81 bits per heavy atom. The Labute approximate surface area is 200 Å². The molecule has 0 radical (unpaired) electrons. The van der Waals surface area contributed by atoms with Crippen molar-refractivity contribution in [3.05, 3.63) is 45.5 Å². The highest BCUT2D eigenvalue weighted by atomic mass is 35.5. The van der Waals surface area contributed by atoms with Gasteiger partial charge in [-0.15, -0.1) is 11.3 Å². The number of benzene rings is 1. The smallest absolute Gasteiger partial charge is 0.252 e. The fourth-order valence-electron chi connectivity index (χ4n) is 3.73. The van der Waals surface area contributed by atoms with Gasteiger partial charge in [-0.05, 0) is 44.0 Å². The zero-order valence-electron chi connectivity index (χ0n) is 17.6. The van der Waals surface area contributed by atoms with Crippen LogP contribution in [-0.2, 0) is 26.1 Å². The van der Waals surface area contributed by atoms with E-state index in [0.29, 0.717) is 48.3 Å². The number of carbonyl (C=O) groups is 1. The third-order valence-electron chi connectivity index (χ3n) is 5.33. The van der Waals surface area contributed by atoms with Crippen LogP contribution in [0.4, 0.5) is 0 Å². The number of rotatable bonds is 7. The summed E-state index contributed by atoms with van der Waals surface area (Å²) in [6.45, 7) is 4.20. The van der Waals surface area contributed by atoms with Crippen LogP contribution in [0.25, 0.3) is 10.2 Å². The van der Waals surface area contributed by atoms with E-state index >= 15 is 0 Å². The number of sulfonamides is 1. The minimum absolute atomic E-state index is 0.129. The molecule has 11 heteroatoms. The van der Waals surface area contributed by atoms with Crippen molar-refractivity contribution < 1.29 is 17.9 Å². The Balaban J connectivity index is 1.59. The van der Waals surface area contributed by atoms with Gasteiger partial charge >= 0.3 is 0 Å². The molecule has 32 heavy (non-hydrogen) atoms. The number of ether oxygens (including phenoxy) is 1. The van der Waals surface area contributed by atoms with E-state index in [4.69, 9.17) is 16.3 Å². The number of thiazole rings is 1. The molecule has 1 unspecified atom stereocenters. The van der Waals surface area contributed by atoms with E-state index in [0.717, 1.165) is 21.6 Å². The van der Waals surface area contributed by atoms with Crippen LogP contribution in [0, 0.1) is 5.92 Å². The van der Waals surface area contributed by atoms with E-state index in [1.165, 1.54) is 21.7 Å². The predicted molar refractivity (Wildman–Crippen MR) is 128 cm³/mol. The fraction of sp³-hybridized carbons (Fsp3) is 0.429. The highest BCUT2D eigenvalue weighted by molar-refractivity contribution is 7.91. The maximum Gasteiger partial charge on any atom is 0.252 e. The molecule has 172 valence electrons. The van der Waals surface area contributed by atoms with E-state index < -0.39 is 15.9 Å². The first-order chi connectivity index (χ1) is 15.4. The molecule has 1 atom stereocenters. The molecule has 0 saturated carbocycles. The Hall–Kier alpha value is -1.56. The summed E-state index contributed by atoms with van der Waals surface area (Å²) < 4.78 is 36.5. The summed E-state index contributed by atoms with van der Waals surface area (Å²) in [6, 6.07) is 11.0. The van der Waals surface area contributed by atoms with Gasteiger partial charge in [0, 0.05) is 26.2 Å². The van der Waals surface area contributed by atoms with Crippen LogP contribution < -0.4 is 4.80 Å². The molecule has 1 amide bonds. The summed E-state index contributed by atoms with van der Waals surface area (Å²) in [5, 5.41) is 0. The molecule has 7 nitrogen and oxygen atoms in total. The molecule has 1 aliphatic heterocycles. The molecule has 0 spiro atoms. The number of hydrogen-bond acceptors (Lipinski definition) is 6. The molecule has 3 aromatic rings. The number of halogens is 1. The molecule has 1 aliphatic rings. The molecular formula is C21H24ClN3O4S3. The molecule has 0 aliphatic carbocycles. The van der Waals surface area contributed by atoms with Crippen LogP contribution in [0.1, 0.15) is 19.8 Å². The molecular weight excluding hydrogens is 490 g/mol. The van der Waals surface area contributed by atoms with Gasteiger partial charge in [-0.25, -0.2) is 8.42 Å². The van der Waals surface area contributed by atoms with Gasteiger partial charge in [0.1, 0.15) is 4.21 Å². The van der Waals surface area contributed by atoms with Crippen LogP contribution >= 0.6 is 34.3 Å². The molecule has 1 fully saturated rings. The Morgan fingerprint density at radius 1 is 1.25 bits per heavy atom. The van der Waals surface area contributed by atoms with Crippen LogP contribution in [0.15, 0.2) is 45.6 Å². The van der Waals surface area contributed by atoms with E-state index in [1.807, 2.05) is 35.8 Å². The predicted octanol–water partition coefficient (Wildman–Crippen LogP) is 3.98. The van der Waals surface area contributed by atoms with Gasteiger partial charge in [0.05, 0.1) is 27.1 Å². The van der Waals surface area contributed by atoms with Crippen molar-refractivity contribution in [2.45, 2.75) is 30.5 Å². The first kappa shape index (κ1) is 23.6. The van der Waals surface area contributed by atoms with Gasteiger partial charge in [-0.1, -0.05) is 35.1 Å². The summed E-state index contributed by atoms with van der Waals surface area (Å²) in [5.41, 5.74) is 1.01. The summed E-state index contributed by atoms with van der Waals surface area (Å²) in [5.74, 6) is -0.759. The van der Waals surface area contributed by atoms with Crippen LogP contribution in [0.2, 0.25) is 4.34 Å². The minimum Gasteiger partial charge on any atom is -0.380 e. The molecule has 0 bridgehead atoms. The normalized spacial score (nSPS) is 18.4. The van der Waals surface area contributed by atoms with Gasteiger partial charge in [-0.3, -0.25) is 4.79 Å². The Morgan fingerprint density at radius 2 is 2.06 bits per heavy atom. The largest absolute Gasteiger partial charge is 0.380 e. The van der Waals surface area contributed by atoms with E-state index in [-0.39, 0.29) is 16.7 Å². The lowest BCUT2D eigenvalue weighted by molar-refractivity contribution is -0.122. The summed E-state index contributed by atoms with van der Waals surface area (Å²) in [4.78, 5) is 18.1. The number of nitrogens with zero attached hydrogens (tertiary/aromatic N) is 3. The number of hydrogen-bond donors (Lipinski definition) is 0. The minimum atomic E-state index is -3.67. The maximum absolute atomic E-state index is 13.1. The first-order valence-electron chi connectivity index (χ1n) is 10.4. The first-order valence-corrected chi connectivity index (χ1v) is 13.9. The van der Waals surface area contributed by atoms with Crippen LogP contribution in [0.5, 0.6) is 0 Å². The summed E-state index contributed by atoms with van der Waals surface area (Å²) in [7, 11) is -3.67. The van der Waals surface area contributed by atoms with Crippen molar-refractivity contribution in [2.24, 2.45) is 10.9 Å². The number of amides is 1.